The minimum Gasteiger partial charge on any atom is -0.427 e. The van der Waals surface area contributed by atoms with Crippen molar-refractivity contribution in [1.82, 2.24) is 0 Å². The van der Waals surface area contributed by atoms with E-state index in [0.29, 0.717) is 41.7 Å². The van der Waals surface area contributed by atoms with E-state index in [1.165, 1.54) is 24.5 Å². The Kier molecular flexibility index (Phi) is 5.81. The molecule has 2 amide bonds. The number of carbonyl (C=O) groups excluding carboxylic acids is 1. The highest BCUT2D eigenvalue weighted by molar-refractivity contribution is 7.90. The number of hydrogen-bond donors (Lipinski definition) is 2. The number of rotatable bonds is 4. The topological polar surface area (TPSA) is 104 Å². The first-order valence-corrected chi connectivity index (χ1v) is 11.5. The summed E-state index contributed by atoms with van der Waals surface area (Å²) in [6.45, 7) is 0.292. The lowest BCUT2D eigenvalue weighted by Crippen LogP contribution is -2.23. The number of halogens is 4. The normalized spacial score (nSPS) is 13.5. The number of urea groups is 1. The van der Waals surface area contributed by atoms with Crippen LogP contribution in [0, 0.1) is 5.82 Å². The smallest absolute Gasteiger partial charge is 0.416 e. The Labute approximate surface area is 190 Å². The Hall–Kier alpha value is -3.87. The number of benzene rings is 2. The predicted molar refractivity (Wildman–Crippen MR) is 117 cm³/mol. The summed E-state index contributed by atoms with van der Waals surface area (Å²) in [5.41, 5.74) is -0.177. The van der Waals surface area contributed by atoms with Crippen LogP contribution in [0.15, 0.2) is 63.0 Å². The Bertz CT molecular complexity index is 1380. The zero-order valence-corrected chi connectivity index (χ0v) is 18.2. The SMILES string of the molecule is CS(=O)(=O)c1cc2c(o1)N=CN(c1ccc(NC(=O)Nc3cc(C(F)(F)F)ccc3F)cc1)C2. The maximum absolute atomic E-state index is 13.8. The lowest BCUT2D eigenvalue weighted by molar-refractivity contribution is -0.137. The van der Waals surface area contributed by atoms with E-state index in [9.17, 15) is 30.8 Å². The van der Waals surface area contributed by atoms with Crippen LogP contribution >= 0.6 is 0 Å². The molecule has 0 atom stereocenters. The number of aliphatic imine (C=N–C) groups is 1. The number of nitrogens with one attached hydrogen (secondary N) is 2. The number of nitrogens with zero attached hydrogens (tertiary/aromatic N) is 2. The van der Waals surface area contributed by atoms with Crippen molar-refractivity contribution in [2.75, 3.05) is 21.8 Å². The maximum atomic E-state index is 13.8. The van der Waals surface area contributed by atoms with Gasteiger partial charge in [0.2, 0.25) is 20.8 Å². The van der Waals surface area contributed by atoms with E-state index in [0.717, 1.165) is 6.26 Å². The van der Waals surface area contributed by atoms with E-state index in [1.54, 1.807) is 17.0 Å². The van der Waals surface area contributed by atoms with Gasteiger partial charge in [-0.3, -0.25) is 0 Å². The van der Waals surface area contributed by atoms with Gasteiger partial charge in [-0.2, -0.15) is 13.2 Å². The highest BCUT2D eigenvalue weighted by Gasteiger charge is 2.31. The van der Waals surface area contributed by atoms with Crippen LogP contribution < -0.4 is 15.5 Å². The van der Waals surface area contributed by atoms with Gasteiger partial charge in [-0.1, -0.05) is 0 Å². The number of alkyl halides is 3. The van der Waals surface area contributed by atoms with Gasteiger partial charge in [0.05, 0.1) is 24.1 Å². The molecule has 0 fully saturated rings. The van der Waals surface area contributed by atoms with Crippen LogP contribution in [-0.2, 0) is 22.6 Å². The van der Waals surface area contributed by atoms with Gasteiger partial charge in [0.1, 0.15) is 5.82 Å². The molecule has 0 unspecified atom stereocenters. The van der Waals surface area contributed by atoms with E-state index >= 15 is 0 Å². The van der Waals surface area contributed by atoms with E-state index < -0.39 is 39.1 Å². The number of carbonyl (C=O) groups is 1. The Morgan fingerprint density at radius 2 is 1.79 bits per heavy atom. The molecule has 1 aromatic heterocycles. The van der Waals surface area contributed by atoms with E-state index in [2.05, 4.69) is 15.6 Å². The number of furan rings is 1. The standard InChI is InChI=1S/C21H16F4N4O4S/c1-34(31,32)18-8-12-10-29(11-26-19(12)33-18)15-5-3-14(4-6-15)27-20(30)28-17-9-13(21(23,24)25)2-7-16(17)22/h2-9,11H,10H2,1H3,(H2,27,28,30). The van der Waals surface area contributed by atoms with Gasteiger partial charge in [-0.05, 0) is 42.5 Å². The van der Waals surface area contributed by atoms with Crippen molar-refractivity contribution in [3.63, 3.8) is 0 Å². The molecule has 34 heavy (non-hydrogen) atoms. The quantitative estimate of drug-likeness (QED) is 0.486. The van der Waals surface area contributed by atoms with Crippen molar-refractivity contribution in [2.24, 2.45) is 4.99 Å². The summed E-state index contributed by atoms with van der Waals surface area (Å²) in [5, 5.41) is 4.29. The molecule has 0 radical (unpaired) electrons. The lowest BCUT2D eigenvalue weighted by Gasteiger charge is -2.22. The molecule has 0 saturated carbocycles. The minimum absolute atomic E-state index is 0.181. The van der Waals surface area contributed by atoms with Gasteiger partial charge in [0.25, 0.3) is 0 Å². The molecule has 0 saturated heterocycles. The van der Waals surface area contributed by atoms with Crippen molar-refractivity contribution in [1.29, 1.82) is 0 Å². The van der Waals surface area contributed by atoms with Crippen LogP contribution in [0.2, 0.25) is 0 Å². The van der Waals surface area contributed by atoms with Crippen molar-refractivity contribution >= 4 is 45.2 Å². The summed E-state index contributed by atoms with van der Waals surface area (Å²) < 4.78 is 80.8. The first-order valence-electron chi connectivity index (χ1n) is 9.58. The van der Waals surface area contributed by atoms with Gasteiger partial charge in [0, 0.05) is 29.3 Å². The lowest BCUT2D eigenvalue weighted by atomic mass is 10.2. The molecule has 3 aromatic rings. The first-order chi connectivity index (χ1) is 15.9. The minimum atomic E-state index is -4.68. The van der Waals surface area contributed by atoms with Gasteiger partial charge < -0.3 is 20.0 Å². The number of fused-ring (bicyclic) bond motifs is 1. The summed E-state index contributed by atoms with van der Waals surface area (Å²) in [6, 6.07) is 8.50. The number of amides is 2. The number of sulfone groups is 1. The first kappa shape index (κ1) is 23.3. The highest BCUT2D eigenvalue weighted by Crippen LogP contribution is 2.33. The number of anilines is 3. The average molecular weight is 496 g/mol. The zero-order chi connectivity index (χ0) is 24.7. The van der Waals surface area contributed by atoms with Crippen molar-refractivity contribution in [2.45, 2.75) is 17.8 Å². The number of hydrogen-bond acceptors (Lipinski definition) is 6. The zero-order valence-electron chi connectivity index (χ0n) is 17.4. The van der Waals surface area contributed by atoms with Gasteiger partial charge >= 0.3 is 12.2 Å². The summed E-state index contributed by atoms with van der Waals surface area (Å²) in [6.07, 6.45) is -2.19. The van der Waals surface area contributed by atoms with E-state index in [4.69, 9.17) is 4.42 Å². The second-order valence-corrected chi connectivity index (χ2v) is 9.31. The molecule has 0 bridgehead atoms. The van der Waals surface area contributed by atoms with Crippen molar-refractivity contribution in [3.8, 4) is 0 Å². The third-order valence-electron chi connectivity index (χ3n) is 4.78. The monoisotopic (exact) mass is 496 g/mol. The fourth-order valence-electron chi connectivity index (χ4n) is 3.12. The Balaban J connectivity index is 1.42. The van der Waals surface area contributed by atoms with Crippen LogP contribution in [0.1, 0.15) is 11.1 Å². The molecule has 13 heteroatoms. The molecule has 2 heterocycles. The maximum Gasteiger partial charge on any atom is 0.416 e. The third-order valence-corrected chi connectivity index (χ3v) is 5.72. The van der Waals surface area contributed by atoms with Gasteiger partial charge in [-0.15, -0.1) is 0 Å². The molecule has 1 aliphatic heterocycles. The highest BCUT2D eigenvalue weighted by atomic mass is 32.2. The average Bonchev–Trinajstić information content (AvgIpc) is 3.19. The van der Waals surface area contributed by atoms with Crippen LogP contribution in [0.4, 0.5) is 45.3 Å². The molecular weight excluding hydrogens is 480 g/mol. The van der Waals surface area contributed by atoms with Gasteiger partial charge in [0.15, 0.2) is 0 Å². The summed E-state index contributed by atoms with van der Waals surface area (Å²) in [4.78, 5) is 18.0. The largest absolute Gasteiger partial charge is 0.427 e. The molecule has 0 aliphatic carbocycles. The Morgan fingerprint density at radius 3 is 2.44 bits per heavy atom. The predicted octanol–water partition coefficient (Wildman–Crippen LogP) is 5.17. The van der Waals surface area contributed by atoms with Crippen molar-refractivity contribution < 1.29 is 35.2 Å². The van der Waals surface area contributed by atoms with E-state index in [-0.39, 0.29) is 11.0 Å². The van der Waals surface area contributed by atoms with Crippen LogP contribution in [0.25, 0.3) is 0 Å². The fraction of sp³-hybridized carbons (Fsp3) is 0.143. The Morgan fingerprint density at radius 1 is 1.09 bits per heavy atom. The molecule has 8 nitrogen and oxygen atoms in total. The summed E-state index contributed by atoms with van der Waals surface area (Å²) >= 11 is 0. The van der Waals surface area contributed by atoms with Gasteiger partial charge in [-0.25, -0.2) is 22.6 Å². The molecule has 1 aliphatic rings. The molecule has 2 N–H and O–H groups in total. The van der Waals surface area contributed by atoms with Crippen LogP contribution in [0.3, 0.4) is 0 Å². The second-order valence-electron chi connectivity index (χ2n) is 7.36. The molecule has 0 spiro atoms. The van der Waals surface area contributed by atoms with E-state index in [1.807, 2.05) is 0 Å². The molecule has 2 aromatic carbocycles. The molecular formula is C21H16F4N4O4S. The molecule has 178 valence electrons. The van der Waals surface area contributed by atoms with Crippen LogP contribution in [0.5, 0.6) is 0 Å². The van der Waals surface area contributed by atoms with Crippen LogP contribution in [-0.4, -0.2) is 27.0 Å². The fourth-order valence-corrected chi connectivity index (χ4v) is 3.71. The second kappa shape index (κ2) is 8.48. The third kappa shape index (κ3) is 5.03. The molecule has 4 rings (SSSR count). The summed E-state index contributed by atoms with van der Waals surface area (Å²) in [5.74, 6) is -0.811. The summed E-state index contributed by atoms with van der Waals surface area (Å²) in [7, 11) is -3.52. The van der Waals surface area contributed by atoms with Crippen molar-refractivity contribution in [3.05, 3.63) is 65.5 Å².